The van der Waals surface area contributed by atoms with Crippen LogP contribution in [0.3, 0.4) is 0 Å². The van der Waals surface area contributed by atoms with Gasteiger partial charge in [-0.3, -0.25) is 14.9 Å². The highest BCUT2D eigenvalue weighted by molar-refractivity contribution is 6.07. The predicted molar refractivity (Wildman–Crippen MR) is 109 cm³/mol. The molecule has 0 aliphatic carbocycles. The number of rotatable bonds is 5. The van der Waals surface area contributed by atoms with Crippen LogP contribution in [0.2, 0.25) is 0 Å². The van der Waals surface area contributed by atoms with Crippen molar-refractivity contribution in [2.75, 3.05) is 13.1 Å². The molecule has 4 amide bonds. The molecule has 0 bridgehead atoms. The van der Waals surface area contributed by atoms with E-state index in [-0.39, 0.29) is 24.2 Å². The maximum atomic E-state index is 12.8. The average Bonchev–Trinajstić information content (AvgIpc) is 3.21. The minimum Gasteiger partial charge on any atom is -0.361 e. The molecule has 3 heterocycles. The second kappa shape index (κ2) is 7.93. The lowest BCUT2D eigenvalue weighted by Crippen LogP contribution is -2.58. The van der Waals surface area contributed by atoms with Crippen LogP contribution in [0, 0.1) is 19.8 Å². The topological polar surface area (TPSA) is 105 Å². The number of amides is 4. The van der Waals surface area contributed by atoms with Gasteiger partial charge in [-0.25, -0.2) is 4.79 Å². The first-order chi connectivity index (χ1) is 14.4. The van der Waals surface area contributed by atoms with Crippen molar-refractivity contribution >= 4 is 17.8 Å². The molecule has 1 atom stereocenters. The number of likely N-dealkylation sites (tertiary alicyclic amines) is 1. The first-order valence-corrected chi connectivity index (χ1v) is 10.3. The summed E-state index contributed by atoms with van der Waals surface area (Å²) in [5.41, 5.74) is 1.59. The van der Waals surface area contributed by atoms with Gasteiger partial charge in [0, 0.05) is 25.1 Å². The molecule has 8 heteroatoms. The lowest BCUT2D eigenvalue weighted by Gasteiger charge is -2.40. The van der Waals surface area contributed by atoms with E-state index in [0.29, 0.717) is 38.1 Å². The van der Waals surface area contributed by atoms with Crippen LogP contribution >= 0.6 is 0 Å². The number of nitrogens with one attached hydrogen (secondary N) is 2. The summed E-state index contributed by atoms with van der Waals surface area (Å²) < 4.78 is 5.15. The quantitative estimate of drug-likeness (QED) is 0.733. The van der Waals surface area contributed by atoms with Crippen LogP contribution in [0.15, 0.2) is 34.9 Å². The fourth-order valence-corrected chi connectivity index (χ4v) is 4.62. The Balaban J connectivity index is 1.46. The second-order valence-corrected chi connectivity index (χ2v) is 8.18. The van der Waals surface area contributed by atoms with Crippen molar-refractivity contribution in [2.24, 2.45) is 5.92 Å². The molecule has 1 aromatic heterocycles. The van der Waals surface area contributed by atoms with Gasteiger partial charge in [-0.2, -0.15) is 0 Å². The number of piperidine rings is 1. The SMILES string of the molecule is Cc1noc(C)c1CC(=O)N1CCC([C@@]2(Cc3ccccc3)NC(=O)NC2=O)CC1. The first kappa shape index (κ1) is 20.1. The Bertz CT molecular complexity index is 943. The number of imide groups is 1. The zero-order valence-electron chi connectivity index (χ0n) is 17.2. The number of carbonyl (C=O) groups excluding carboxylic acids is 3. The molecule has 2 saturated heterocycles. The van der Waals surface area contributed by atoms with Crippen LogP contribution in [0.5, 0.6) is 0 Å². The van der Waals surface area contributed by atoms with Gasteiger partial charge >= 0.3 is 6.03 Å². The highest BCUT2D eigenvalue weighted by Gasteiger charge is 2.52. The zero-order valence-corrected chi connectivity index (χ0v) is 17.2. The van der Waals surface area contributed by atoms with Crippen molar-refractivity contribution < 1.29 is 18.9 Å². The molecule has 2 fully saturated rings. The molecule has 0 unspecified atom stereocenters. The van der Waals surface area contributed by atoms with Crippen molar-refractivity contribution in [1.29, 1.82) is 0 Å². The van der Waals surface area contributed by atoms with Crippen molar-refractivity contribution in [3.05, 3.63) is 52.9 Å². The van der Waals surface area contributed by atoms with E-state index in [1.807, 2.05) is 49.1 Å². The van der Waals surface area contributed by atoms with Gasteiger partial charge in [0.2, 0.25) is 5.91 Å². The van der Waals surface area contributed by atoms with Crippen LogP contribution in [0.4, 0.5) is 4.79 Å². The predicted octanol–water partition coefficient (Wildman–Crippen LogP) is 1.89. The molecule has 1 aromatic carbocycles. The second-order valence-electron chi connectivity index (χ2n) is 8.18. The maximum absolute atomic E-state index is 12.8. The summed E-state index contributed by atoms with van der Waals surface area (Å²) in [6, 6.07) is 9.24. The average molecular weight is 410 g/mol. The van der Waals surface area contributed by atoms with Crippen LogP contribution in [-0.4, -0.2) is 46.5 Å². The summed E-state index contributed by atoms with van der Waals surface area (Å²) in [5, 5.41) is 9.23. The molecule has 158 valence electrons. The number of aromatic nitrogens is 1. The van der Waals surface area contributed by atoms with Crippen LogP contribution < -0.4 is 10.6 Å². The van der Waals surface area contributed by atoms with Gasteiger partial charge in [-0.05, 0) is 38.2 Å². The van der Waals surface area contributed by atoms with Gasteiger partial charge in [0.05, 0.1) is 12.1 Å². The molecule has 0 saturated carbocycles. The highest BCUT2D eigenvalue weighted by Crippen LogP contribution is 2.34. The Kier molecular flexibility index (Phi) is 5.32. The number of aryl methyl sites for hydroxylation is 2. The summed E-state index contributed by atoms with van der Waals surface area (Å²) >= 11 is 0. The maximum Gasteiger partial charge on any atom is 0.322 e. The lowest BCUT2D eigenvalue weighted by atomic mass is 9.74. The minimum atomic E-state index is -0.977. The third-order valence-electron chi connectivity index (χ3n) is 6.35. The van der Waals surface area contributed by atoms with E-state index in [4.69, 9.17) is 4.52 Å². The summed E-state index contributed by atoms with van der Waals surface area (Å²) in [7, 11) is 0. The molecule has 2 N–H and O–H groups in total. The normalized spacial score (nSPS) is 22.1. The number of urea groups is 1. The Labute approximate surface area is 175 Å². The fraction of sp³-hybridized carbons (Fsp3) is 0.455. The largest absolute Gasteiger partial charge is 0.361 e. The lowest BCUT2D eigenvalue weighted by molar-refractivity contribution is -0.133. The van der Waals surface area contributed by atoms with E-state index in [0.717, 1.165) is 16.8 Å². The summed E-state index contributed by atoms with van der Waals surface area (Å²) in [5.74, 6) is 0.367. The summed E-state index contributed by atoms with van der Waals surface area (Å²) in [6.45, 7) is 4.74. The van der Waals surface area contributed by atoms with E-state index in [1.54, 1.807) is 0 Å². The Hall–Kier alpha value is -3.16. The number of carbonyl (C=O) groups is 3. The van der Waals surface area contributed by atoms with Crippen LogP contribution in [-0.2, 0) is 22.4 Å². The van der Waals surface area contributed by atoms with Crippen molar-refractivity contribution in [3.63, 3.8) is 0 Å². The van der Waals surface area contributed by atoms with E-state index in [9.17, 15) is 14.4 Å². The molecule has 2 aromatic rings. The monoisotopic (exact) mass is 410 g/mol. The van der Waals surface area contributed by atoms with E-state index >= 15 is 0 Å². The molecular weight excluding hydrogens is 384 g/mol. The van der Waals surface area contributed by atoms with Crippen molar-refractivity contribution in [2.45, 2.75) is 45.1 Å². The van der Waals surface area contributed by atoms with Gasteiger partial charge in [0.1, 0.15) is 11.3 Å². The number of hydrogen-bond donors (Lipinski definition) is 2. The minimum absolute atomic E-state index is 0.0277. The Morgan fingerprint density at radius 1 is 1.20 bits per heavy atom. The third-order valence-corrected chi connectivity index (χ3v) is 6.35. The smallest absolute Gasteiger partial charge is 0.322 e. The van der Waals surface area contributed by atoms with E-state index < -0.39 is 11.6 Å². The van der Waals surface area contributed by atoms with Crippen molar-refractivity contribution in [1.82, 2.24) is 20.7 Å². The molecule has 30 heavy (non-hydrogen) atoms. The van der Waals surface area contributed by atoms with E-state index in [2.05, 4.69) is 15.8 Å². The molecule has 2 aliphatic rings. The zero-order chi connectivity index (χ0) is 21.3. The number of hydrogen-bond acceptors (Lipinski definition) is 5. The summed E-state index contributed by atoms with van der Waals surface area (Å²) in [6.07, 6.45) is 1.99. The standard InChI is InChI=1S/C22H26N4O4/c1-14-18(15(2)30-25-14)12-19(27)26-10-8-17(9-11-26)22(20(28)23-21(29)24-22)13-16-6-4-3-5-7-16/h3-7,17H,8-13H2,1-2H3,(H2,23,24,28,29)/t22-/m1/s1. The van der Waals surface area contributed by atoms with Gasteiger partial charge in [-0.1, -0.05) is 35.5 Å². The third kappa shape index (κ3) is 3.69. The van der Waals surface area contributed by atoms with Crippen LogP contribution in [0.1, 0.15) is 35.4 Å². The molecule has 0 radical (unpaired) electrons. The Morgan fingerprint density at radius 2 is 1.90 bits per heavy atom. The number of nitrogens with zero attached hydrogens (tertiary/aromatic N) is 2. The Morgan fingerprint density at radius 3 is 2.47 bits per heavy atom. The fourth-order valence-electron chi connectivity index (χ4n) is 4.62. The van der Waals surface area contributed by atoms with Crippen molar-refractivity contribution in [3.8, 4) is 0 Å². The first-order valence-electron chi connectivity index (χ1n) is 10.3. The van der Waals surface area contributed by atoms with Gasteiger partial charge in [0.25, 0.3) is 5.91 Å². The molecule has 2 aliphatic heterocycles. The van der Waals surface area contributed by atoms with Gasteiger partial charge in [0.15, 0.2) is 0 Å². The van der Waals surface area contributed by atoms with Gasteiger partial charge in [-0.15, -0.1) is 0 Å². The van der Waals surface area contributed by atoms with Crippen LogP contribution in [0.25, 0.3) is 0 Å². The molecular formula is C22H26N4O4. The molecule has 0 spiro atoms. The molecule has 4 rings (SSSR count). The molecule has 8 nitrogen and oxygen atoms in total. The summed E-state index contributed by atoms with van der Waals surface area (Å²) in [4.78, 5) is 39.4. The number of benzene rings is 1. The highest BCUT2D eigenvalue weighted by atomic mass is 16.5. The van der Waals surface area contributed by atoms with E-state index in [1.165, 1.54) is 0 Å². The van der Waals surface area contributed by atoms with Gasteiger partial charge < -0.3 is 14.7 Å².